The van der Waals surface area contributed by atoms with Gasteiger partial charge in [0.2, 0.25) is 0 Å². The fourth-order valence-corrected chi connectivity index (χ4v) is 9.41. The summed E-state index contributed by atoms with van der Waals surface area (Å²) in [5, 5.41) is 5.01. The lowest BCUT2D eigenvalue weighted by Crippen LogP contribution is -2.16. The zero-order chi connectivity index (χ0) is 44.7. The topological polar surface area (TPSA) is 3.24 Å². The average Bonchev–Trinajstić information content (AvgIpc) is 3.34. The molecule has 10 aromatic carbocycles. The Hall–Kier alpha value is -7.48. The maximum Gasteiger partial charge on any atom is 0.0540 e. The molecule has 0 heterocycles. The van der Waals surface area contributed by atoms with E-state index < -0.39 is 0 Å². The molecule has 0 unspecified atom stereocenters. The third kappa shape index (κ3) is 8.16. The molecule has 10 rings (SSSR count). The Morgan fingerprint density at radius 3 is 1.38 bits per heavy atom. The van der Waals surface area contributed by atoms with Crippen LogP contribution in [0.15, 0.2) is 224 Å². The first kappa shape index (κ1) is 41.5. The monoisotopic (exact) mass is 837 g/mol. The van der Waals surface area contributed by atoms with Crippen molar-refractivity contribution in [3.63, 3.8) is 0 Å². The van der Waals surface area contributed by atoms with Crippen LogP contribution in [-0.2, 0) is 10.8 Å². The van der Waals surface area contributed by atoms with Gasteiger partial charge in [0, 0.05) is 16.8 Å². The van der Waals surface area contributed by atoms with Gasteiger partial charge < -0.3 is 4.90 Å². The quantitative estimate of drug-likeness (QED) is 0.147. The van der Waals surface area contributed by atoms with E-state index in [1.807, 2.05) is 0 Å². The lowest BCUT2D eigenvalue weighted by molar-refractivity contribution is 0.569. The van der Waals surface area contributed by atoms with Gasteiger partial charge in [-0.2, -0.15) is 0 Å². The van der Waals surface area contributed by atoms with Crippen LogP contribution < -0.4 is 4.90 Å². The number of rotatable bonds is 8. The molecule has 0 N–H and O–H groups in total. The van der Waals surface area contributed by atoms with Crippen LogP contribution in [0, 0.1) is 0 Å². The van der Waals surface area contributed by atoms with Crippen molar-refractivity contribution in [2.45, 2.75) is 52.4 Å². The standard InChI is InChI=1S/C64H55N/c1-63(2,3)51-41-50(42-52(43-51)64(4,5)6)57-29-17-23-49-24-18-30-59(62(49)57)58-27-13-15-32-61(58)65(60-31-14-12-26-56(60)47-19-8-7-9-20-47)53-39-37-45(38-40-53)44-33-35-48(36-34-44)55-28-16-22-46-21-10-11-25-54(46)55/h7-43H,1-6H3. The van der Waals surface area contributed by atoms with Crippen molar-refractivity contribution < 1.29 is 0 Å². The molecule has 0 atom stereocenters. The molecule has 0 aliphatic rings. The molecule has 0 amide bonds. The van der Waals surface area contributed by atoms with E-state index in [-0.39, 0.29) is 10.8 Å². The zero-order valence-corrected chi connectivity index (χ0v) is 38.3. The smallest absolute Gasteiger partial charge is 0.0540 e. The summed E-state index contributed by atoms with van der Waals surface area (Å²) in [6.07, 6.45) is 0. The normalized spacial score (nSPS) is 11.8. The minimum Gasteiger partial charge on any atom is -0.309 e. The summed E-state index contributed by atoms with van der Waals surface area (Å²) in [5.74, 6) is 0. The van der Waals surface area contributed by atoms with Crippen LogP contribution in [-0.4, -0.2) is 0 Å². The number of hydrogen-bond acceptors (Lipinski definition) is 1. The van der Waals surface area contributed by atoms with E-state index in [1.54, 1.807) is 0 Å². The first-order valence-electron chi connectivity index (χ1n) is 22.9. The Balaban J connectivity index is 1.13. The Morgan fingerprint density at radius 2 is 0.738 bits per heavy atom. The van der Waals surface area contributed by atoms with E-state index in [0.29, 0.717) is 0 Å². The molecule has 65 heavy (non-hydrogen) atoms. The highest BCUT2D eigenvalue weighted by molar-refractivity contribution is 6.09. The summed E-state index contributed by atoms with van der Waals surface area (Å²) in [4.78, 5) is 2.46. The van der Waals surface area contributed by atoms with E-state index in [4.69, 9.17) is 0 Å². The van der Waals surface area contributed by atoms with Gasteiger partial charge in [-0.15, -0.1) is 0 Å². The molecule has 1 heteroatoms. The van der Waals surface area contributed by atoms with Crippen LogP contribution in [0.1, 0.15) is 52.7 Å². The van der Waals surface area contributed by atoms with E-state index in [9.17, 15) is 0 Å². The maximum atomic E-state index is 2.46. The maximum absolute atomic E-state index is 2.46. The van der Waals surface area contributed by atoms with Crippen molar-refractivity contribution in [2.75, 3.05) is 4.90 Å². The SMILES string of the molecule is CC(C)(C)c1cc(-c2cccc3cccc(-c4ccccc4N(c4ccc(-c5ccc(-c6cccc7ccccc67)cc5)cc4)c4ccccc4-c4ccccc4)c23)cc(C(C)(C)C)c1. The molecule has 10 aromatic rings. The van der Waals surface area contributed by atoms with Crippen molar-refractivity contribution in [3.05, 3.63) is 236 Å². The van der Waals surface area contributed by atoms with Gasteiger partial charge in [-0.1, -0.05) is 242 Å². The third-order valence-corrected chi connectivity index (χ3v) is 13.0. The first-order valence-corrected chi connectivity index (χ1v) is 22.9. The summed E-state index contributed by atoms with van der Waals surface area (Å²) >= 11 is 0. The highest BCUT2D eigenvalue weighted by Crippen LogP contribution is 2.48. The van der Waals surface area contributed by atoms with Crippen molar-refractivity contribution in [1.82, 2.24) is 0 Å². The fourth-order valence-electron chi connectivity index (χ4n) is 9.41. The number of nitrogens with zero attached hydrogens (tertiary/aromatic N) is 1. The van der Waals surface area contributed by atoms with Crippen molar-refractivity contribution in [2.24, 2.45) is 0 Å². The molecule has 0 radical (unpaired) electrons. The van der Waals surface area contributed by atoms with Crippen molar-refractivity contribution in [3.8, 4) is 55.6 Å². The van der Waals surface area contributed by atoms with E-state index in [0.717, 1.165) is 17.1 Å². The lowest BCUT2D eigenvalue weighted by Gasteiger charge is -2.30. The second-order valence-corrected chi connectivity index (χ2v) is 19.4. The second-order valence-electron chi connectivity index (χ2n) is 19.4. The van der Waals surface area contributed by atoms with Gasteiger partial charge in [0.15, 0.2) is 0 Å². The van der Waals surface area contributed by atoms with Crippen LogP contribution in [0.25, 0.3) is 77.2 Å². The second kappa shape index (κ2) is 16.9. The molecule has 0 saturated heterocycles. The van der Waals surface area contributed by atoms with Crippen molar-refractivity contribution in [1.29, 1.82) is 0 Å². The molecule has 316 valence electrons. The van der Waals surface area contributed by atoms with E-state index >= 15 is 0 Å². The molecule has 0 aliphatic heterocycles. The van der Waals surface area contributed by atoms with E-state index in [2.05, 4.69) is 271 Å². The number of hydrogen-bond donors (Lipinski definition) is 0. The summed E-state index contributed by atoms with van der Waals surface area (Å²) in [5.41, 5.74) is 18.1. The summed E-state index contributed by atoms with van der Waals surface area (Å²) in [6, 6.07) is 82.7. The Kier molecular flexibility index (Phi) is 10.8. The summed E-state index contributed by atoms with van der Waals surface area (Å²) < 4.78 is 0. The van der Waals surface area contributed by atoms with Gasteiger partial charge >= 0.3 is 0 Å². The van der Waals surface area contributed by atoms with Crippen LogP contribution in [0.2, 0.25) is 0 Å². The van der Waals surface area contributed by atoms with E-state index in [1.165, 1.54) is 88.3 Å². The predicted molar refractivity (Wildman–Crippen MR) is 281 cm³/mol. The van der Waals surface area contributed by atoms with Gasteiger partial charge in [-0.25, -0.2) is 0 Å². The van der Waals surface area contributed by atoms with Crippen molar-refractivity contribution >= 4 is 38.6 Å². The van der Waals surface area contributed by atoms with Gasteiger partial charge in [0.25, 0.3) is 0 Å². The molecule has 0 fully saturated rings. The minimum absolute atomic E-state index is 0.000827. The summed E-state index contributed by atoms with van der Waals surface area (Å²) in [6.45, 7) is 13.9. The highest BCUT2D eigenvalue weighted by Gasteiger charge is 2.24. The molecule has 0 bridgehead atoms. The number of anilines is 3. The molecule has 0 saturated carbocycles. The third-order valence-electron chi connectivity index (χ3n) is 13.0. The molecule has 1 nitrogen and oxygen atoms in total. The molecular weight excluding hydrogens is 783 g/mol. The van der Waals surface area contributed by atoms with Gasteiger partial charge in [-0.3, -0.25) is 0 Å². The summed E-state index contributed by atoms with van der Waals surface area (Å²) in [7, 11) is 0. The zero-order valence-electron chi connectivity index (χ0n) is 38.3. The molecule has 0 aliphatic carbocycles. The number of fused-ring (bicyclic) bond motifs is 2. The number of para-hydroxylation sites is 2. The van der Waals surface area contributed by atoms with Gasteiger partial charge in [0.1, 0.15) is 0 Å². The highest BCUT2D eigenvalue weighted by atomic mass is 15.1. The van der Waals surface area contributed by atoms with Crippen LogP contribution >= 0.6 is 0 Å². The lowest BCUT2D eigenvalue weighted by atomic mass is 9.78. The van der Waals surface area contributed by atoms with Gasteiger partial charge in [-0.05, 0) is 112 Å². The first-order chi connectivity index (χ1) is 31.5. The molecule has 0 spiro atoms. The minimum atomic E-state index is -0.000827. The Morgan fingerprint density at radius 1 is 0.292 bits per heavy atom. The Labute approximate surface area is 385 Å². The van der Waals surface area contributed by atoms with Crippen LogP contribution in [0.3, 0.4) is 0 Å². The largest absolute Gasteiger partial charge is 0.309 e. The van der Waals surface area contributed by atoms with Crippen LogP contribution in [0.5, 0.6) is 0 Å². The Bertz CT molecular complexity index is 3260. The number of benzene rings is 10. The predicted octanol–water partition coefficient (Wildman–Crippen LogP) is 18.4. The average molecular weight is 838 g/mol. The van der Waals surface area contributed by atoms with Crippen LogP contribution in [0.4, 0.5) is 17.1 Å². The molecular formula is C64H55N. The van der Waals surface area contributed by atoms with Gasteiger partial charge in [0.05, 0.1) is 11.4 Å². The fraction of sp³-hybridized carbons (Fsp3) is 0.125. The molecule has 0 aromatic heterocycles.